The molecule has 0 amide bonds. The number of nitrogens with zero attached hydrogens (tertiary/aromatic N) is 2. The van der Waals surface area contributed by atoms with Crippen molar-refractivity contribution in [2.75, 3.05) is 7.11 Å². The molecule has 0 aliphatic heterocycles. The lowest BCUT2D eigenvalue weighted by molar-refractivity contribution is 0.0594. The smallest absolute Gasteiger partial charge is 0.356 e. The number of esters is 1. The summed E-state index contributed by atoms with van der Waals surface area (Å²) in [7, 11) is 1.29. The highest BCUT2D eigenvalue weighted by atomic mass is 79.9. The van der Waals surface area contributed by atoms with Gasteiger partial charge in [-0.2, -0.15) is 0 Å². The van der Waals surface area contributed by atoms with Crippen LogP contribution in [0.25, 0.3) is 0 Å². The number of carbonyl (C=O) groups excluding carboxylic acids is 1. The minimum atomic E-state index is -0.534. The molecule has 0 aromatic carbocycles. The van der Waals surface area contributed by atoms with E-state index in [2.05, 4.69) is 30.6 Å². The van der Waals surface area contributed by atoms with Crippen LogP contribution >= 0.6 is 27.5 Å². The summed E-state index contributed by atoms with van der Waals surface area (Å²) in [6, 6.07) is 6.79. The summed E-state index contributed by atoms with van der Waals surface area (Å²) in [6.45, 7) is 0.205. The topological polar surface area (TPSA) is 61.3 Å². The zero-order valence-corrected chi connectivity index (χ0v) is 12.8. The second-order valence-electron chi connectivity index (χ2n) is 3.74. The minimum Gasteiger partial charge on any atom is -0.473 e. The van der Waals surface area contributed by atoms with Gasteiger partial charge in [-0.15, -0.1) is 0 Å². The van der Waals surface area contributed by atoms with E-state index in [0.29, 0.717) is 21.1 Å². The number of carbonyl (C=O) groups is 1. The molecule has 0 saturated heterocycles. The Bertz CT molecular complexity index is 637. The van der Waals surface area contributed by atoms with Crippen molar-refractivity contribution in [2.45, 2.75) is 6.61 Å². The van der Waals surface area contributed by atoms with Crippen LogP contribution in [0.3, 0.4) is 0 Å². The molecule has 5 nitrogen and oxygen atoms in total. The number of pyridine rings is 2. The molecule has 0 spiro atoms. The fourth-order valence-corrected chi connectivity index (χ4v) is 1.94. The first kappa shape index (κ1) is 14.7. The van der Waals surface area contributed by atoms with Gasteiger partial charge in [0.2, 0.25) is 5.88 Å². The maximum atomic E-state index is 11.3. The summed E-state index contributed by atoms with van der Waals surface area (Å²) in [6.07, 6.45) is 1.48. The first-order valence-corrected chi connectivity index (χ1v) is 6.75. The number of methoxy groups -OCH3 is 1. The number of hydrogen-bond acceptors (Lipinski definition) is 5. The molecule has 7 heteroatoms. The highest BCUT2D eigenvalue weighted by molar-refractivity contribution is 9.10. The van der Waals surface area contributed by atoms with Crippen molar-refractivity contribution in [1.82, 2.24) is 9.97 Å². The van der Waals surface area contributed by atoms with Crippen LogP contribution in [0.1, 0.15) is 16.1 Å². The summed E-state index contributed by atoms with van der Waals surface area (Å²) in [5, 5.41) is 0.385. The normalized spacial score (nSPS) is 10.2. The van der Waals surface area contributed by atoms with Gasteiger partial charge < -0.3 is 9.47 Å². The molecule has 104 valence electrons. The largest absolute Gasteiger partial charge is 0.473 e. The first-order chi connectivity index (χ1) is 9.60. The second-order valence-corrected chi connectivity index (χ2v) is 4.96. The van der Waals surface area contributed by atoms with E-state index in [4.69, 9.17) is 16.3 Å². The fourth-order valence-electron chi connectivity index (χ4n) is 1.40. The zero-order chi connectivity index (χ0) is 14.5. The van der Waals surface area contributed by atoms with Gasteiger partial charge in [0, 0.05) is 17.8 Å². The number of halogens is 2. The number of ether oxygens (including phenoxy) is 2. The van der Waals surface area contributed by atoms with Crippen molar-refractivity contribution in [3.63, 3.8) is 0 Å². The van der Waals surface area contributed by atoms with E-state index in [0.717, 1.165) is 0 Å². The van der Waals surface area contributed by atoms with E-state index in [1.54, 1.807) is 12.1 Å². The van der Waals surface area contributed by atoms with Crippen molar-refractivity contribution in [1.29, 1.82) is 0 Å². The van der Waals surface area contributed by atoms with Crippen molar-refractivity contribution in [3.8, 4) is 5.88 Å². The van der Waals surface area contributed by atoms with Gasteiger partial charge in [0.1, 0.15) is 16.9 Å². The lowest BCUT2D eigenvalue weighted by Crippen LogP contribution is -2.06. The van der Waals surface area contributed by atoms with E-state index >= 15 is 0 Å². The molecule has 0 bridgehead atoms. The molecule has 0 fully saturated rings. The Kier molecular flexibility index (Phi) is 4.92. The Morgan fingerprint density at radius 2 is 2.25 bits per heavy atom. The van der Waals surface area contributed by atoms with Crippen LogP contribution in [-0.2, 0) is 11.3 Å². The third-order valence-corrected chi connectivity index (χ3v) is 3.18. The summed E-state index contributed by atoms with van der Waals surface area (Å²) in [5.74, 6) is -0.0690. The van der Waals surface area contributed by atoms with Gasteiger partial charge in [0.05, 0.1) is 12.1 Å². The summed E-state index contributed by atoms with van der Waals surface area (Å²) in [5.41, 5.74) is 0.808. The quantitative estimate of drug-likeness (QED) is 0.621. The summed E-state index contributed by atoms with van der Waals surface area (Å²) >= 11 is 9.33. The molecule has 2 rings (SSSR count). The van der Waals surface area contributed by atoms with E-state index in [1.807, 2.05) is 6.07 Å². The molecular weight excluding hydrogens is 348 g/mol. The monoisotopic (exact) mass is 356 g/mol. The van der Waals surface area contributed by atoms with Crippen molar-refractivity contribution in [2.24, 2.45) is 0 Å². The predicted octanol–water partition coefficient (Wildman–Crippen LogP) is 3.26. The molecule has 0 saturated carbocycles. The third kappa shape index (κ3) is 3.68. The van der Waals surface area contributed by atoms with Gasteiger partial charge in [-0.25, -0.2) is 14.8 Å². The van der Waals surface area contributed by atoms with Crippen LogP contribution in [0.5, 0.6) is 5.88 Å². The highest BCUT2D eigenvalue weighted by Crippen LogP contribution is 2.19. The van der Waals surface area contributed by atoms with Crippen LogP contribution in [0, 0.1) is 0 Å². The standard InChI is InChI=1S/C13H10BrClN2O3/c1-19-13(18)10-5-9(15)8(6-16-10)7-20-12-4-2-3-11(14)17-12/h2-6H,7H2,1H3. The predicted molar refractivity (Wildman–Crippen MR) is 76.9 cm³/mol. The molecule has 20 heavy (non-hydrogen) atoms. The Morgan fingerprint density at radius 1 is 1.45 bits per heavy atom. The van der Waals surface area contributed by atoms with Gasteiger partial charge in [0.25, 0.3) is 0 Å². The maximum Gasteiger partial charge on any atom is 0.356 e. The summed E-state index contributed by atoms with van der Waals surface area (Å²) < 4.78 is 10.7. The van der Waals surface area contributed by atoms with E-state index in [9.17, 15) is 4.79 Å². The Morgan fingerprint density at radius 3 is 2.90 bits per heavy atom. The van der Waals surface area contributed by atoms with Crippen molar-refractivity contribution >= 4 is 33.5 Å². The summed E-state index contributed by atoms with van der Waals surface area (Å²) in [4.78, 5) is 19.4. The van der Waals surface area contributed by atoms with Gasteiger partial charge in [0.15, 0.2) is 0 Å². The van der Waals surface area contributed by atoms with Gasteiger partial charge >= 0.3 is 5.97 Å². The average Bonchev–Trinajstić information content (AvgIpc) is 2.45. The van der Waals surface area contributed by atoms with Crippen LogP contribution in [-0.4, -0.2) is 23.0 Å². The molecule has 2 aromatic rings. The molecule has 2 heterocycles. The van der Waals surface area contributed by atoms with Gasteiger partial charge in [-0.1, -0.05) is 17.7 Å². The molecule has 0 unspecified atom stereocenters. The van der Waals surface area contributed by atoms with E-state index in [-0.39, 0.29) is 12.3 Å². The van der Waals surface area contributed by atoms with Gasteiger partial charge in [-0.05, 0) is 28.1 Å². The third-order valence-electron chi connectivity index (χ3n) is 2.39. The molecule has 0 radical (unpaired) electrons. The molecule has 2 aromatic heterocycles. The SMILES string of the molecule is COC(=O)c1cc(Cl)c(COc2cccc(Br)n2)cn1. The van der Waals surface area contributed by atoms with E-state index < -0.39 is 5.97 Å². The van der Waals surface area contributed by atoms with Crippen LogP contribution in [0.4, 0.5) is 0 Å². The lowest BCUT2D eigenvalue weighted by atomic mass is 10.2. The Labute approximate surface area is 129 Å². The molecule has 0 N–H and O–H groups in total. The number of hydrogen-bond donors (Lipinski definition) is 0. The van der Waals surface area contributed by atoms with Gasteiger partial charge in [-0.3, -0.25) is 0 Å². The molecule has 0 aliphatic rings. The minimum absolute atomic E-state index is 0.154. The van der Waals surface area contributed by atoms with Crippen LogP contribution in [0.2, 0.25) is 5.02 Å². The molecule has 0 atom stereocenters. The fraction of sp³-hybridized carbons (Fsp3) is 0.154. The van der Waals surface area contributed by atoms with Crippen LogP contribution < -0.4 is 4.74 Å². The highest BCUT2D eigenvalue weighted by Gasteiger charge is 2.11. The average molecular weight is 358 g/mol. The number of aromatic nitrogens is 2. The Hall–Kier alpha value is -1.66. The van der Waals surface area contributed by atoms with Crippen LogP contribution in [0.15, 0.2) is 35.1 Å². The Balaban J connectivity index is 2.08. The van der Waals surface area contributed by atoms with Crippen molar-refractivity contribution < 1.29 is 14.3 Å². The zero-order valence-electron chi connectivity index (χ0n) is 10.5. The number of rotatable bonds is 4. The lowest BCUT2D eigenvalue weighted by Gasteiger charge is -2.07. The second kappa shape index (κ2) is 6.67. The first-order valence-electron chi connectivity index (χ1n) is 5.58. The van der Waals surface area contributed by atoms with E-state index in [1.165, 1.54) is 19.4 Å². The van der Waals surface area contributed by atoms with Crippen molar-refractivity contribution in [3.05, 3.63) is 51.3 Å². The molecular formula is C13H10BrClN2O3. The maximum absolute atomic E-state index is 11.3. The molecule has 0 aliphatic carbocycles.